The Hall–Kier alpha value is -2.93. The number of carboxylic acids is 1. The Morgan fingerprint density at radius 1 is 0.788 bits per heavy atom. The van der Waals surface area contributed by atoms with E-state index >= 15 is 0 Å². The number of ether oxygens (including phenoxy) is 2. The van der Waals surface area contributed by atoms with Crippen molar-refractivity contribution < 1.29 is 36.2 Å². The van der Waals surface area contributed by atoms with Crippen LogP contribution in [0.4, 0.5) is 0 Å². The number of piperazine rings is 1. The number of aliphatic carboxylic acids is 1. The molecule has 0 unspecified atom stereocenters. The highest BCUT2D eigenvalue weighted by Crippen LogP contribution is 2.33. The van der Waals surface area contributed by atoms with E-state index in [4.69, 9.17) is 14.6 Å². The van der Waals surface area contributed by atoms with E-state index in [0.717, 1.165) is 6.08 Å². The average molecular weight is 495 g/mol. The lowest BCUT2D eigenvalue weighted by Crippen LogP contribution is -2.50. The number of sulfonamides is 2. The first-order valence-electron chi connectivity index (χ1n) is 10.1. The molecule has 2 aliphatic heterocycles. The molecule has 1 saturated heterocycles. The Kier molecular flexibility index (Phi) is 6.43. The van der Waals surface area contributed by atoms with Crippen molar-refractivity contribution in [1.29, 1.82) is 0 Å². The van der Waals surface area contributed by atoms with Gasteiger partial charge in [0.25, 0.3) is 0 Å². The third kappa shape index (κ3) is 4.88. The Bertz CT molecular complexity index is 1280. The van der Waals surface area contributed by atoms with Crippen LogP contribution in [0.25, 0.3) is 6.08 Å². The fraction of sp³-hybridized carbons (Fsp3) is 0.286. The number of hydrogen-bond donors (Lipinski definition) is 1. The first-order valence-corrected chi connectivity index (χ1v) is 13.0. The Morgan fingerprint density at radius 2 is 1.30 bits per heavy atom. The van der Waals surface area contributed by atoms with Gasteiger partial charge in [0.05, 0.1) is 9.79 Å². The summed E-state index contributed by atoms with van der Waals surface area (Å²) in [4.78, 5) is 10.7. The van der Waals surface area contributed by atoms with E-state index in [2.05, 4.69) is 0 Å². The molecule has 2 aliphatic rings. The zero-order valence-corrected chi connectivity index (χ0v) is 19.1. The van der Waals surface area contributed by atoms with Crippen LogP contribution in [0.1, 0.15) is 5.56 Å². The minimum Gasteiger partial charge on any atom is -0.486 e. The molecule has 0 aliphatic carbocycles. The highest BCUT2D eigenvalue weighted by Gasteiger charge is 2.34. The number of rotatable bonds is 6. The van der Waals surface area contributed by atoms with Crippen molar-refractivity contribution in [3.05, 3.63) is 54.1 Å². The van der Waals surface area contributed by atoms with Gasteiger partial charge >= 0.3 is 5.97 Å². The van der Waals surface area contributed by atoms with Crippen LogP contribution in [0.3, 0.4) is 0 Å². The van der Waals surface area contributed by atoms with Gasteiger partial charge in [0.15, 0.2) is 11.5 Å². The van der Waals surface area contributed by atoms with Gasteiger partial charge in [0.2, 0.25) is 20.0 Å². The van der Waals surface area contributed by atoms with Crippen molar-refractivity contribution in [3.63, 3.8) is 0 Å². The highest BCUT2D eigenvalue weighted by atomic mass is 32.2. The molecule has 0 spiro atoms. The molecule has 0 amide bonds. The first-order chi connectivity index (χ1) is 15.7. The summed E-state index contributed by atoms with van der Waals surface area (Å²) in [5.41, 5.74) is 0.548. The maximum Gasteiger partial charge on any atom is 0.328 e. The van der Waals surface area contributed by atoms with E-state index in [0.29, 0.717) is 30.3 Å². The highest BCUT2D eigenvalue weighted by molar-refractivity contribution is 7.89. The quantitative estimate of drug-likeness (QED) is 0.594. The second kappa shape index (κ2) is 9.14. The van der Waals surface area contributed by atoms with E-state index in [-0.39, 0.29) is 36.0 Å². The first kappa shape index (κ1) is 23.2. The van der Waals surface area contributed by atoms with Crippen LogP contribution in [0.5, 0.6) is 11.5 Å². The molecule has 12 heteroatoms. The molecule has 2 aromatic rings. The molecule has 2 aromatic carbocycles. The molecule has 4 rings (SSSR count). The topological polar surface area (TPSA) is 131 Å². The molecule has 33 heavy (non-hydrogen) atoms. The van der Waals surface area contributed by atoms with E-state index in [1.54, 1.807) is 6.07 Å². The lowest BCUT2D eigenvalue weighted by Gasteiger charge is -2.33. The van der Waals surface area contributed by atoms with Crippen LogP contribution >= 0.6 is 0 Å². The fourth-order valence-corrected chi connectivity index (χ4v) is 6.41. The number of fused-ring (bicyclic) bond motifs is 1. The zero-order chi connectivity index (χ0) is 23.6. The van der Waals surface area contributed by atoms with E-state index in [1.165, 1.54) is 51.1 Å². The van der Waals surface area contributed by atoms with Gasteiger partial charge in [0, 0.05) is 38.3 Å². The van der Waals surface area contributed by atoms with Gasteiger partial charge in [-0.1, -0.05) is 12.1 Å². The summed E-state index contributed by atoms with van der Waals surface area (Å²) in [6.45, 7) is 0.769. The van der Waals surface area contributed by atoms with Gasteiger partial charge in [-0.15, -0.1) is 0 Å². The number of nitrogens with zero attached hydrogens (tertiary/aromatic N) is 2. The molecule has 1 N–H and O–H groups in total. The molecule has 2 heterocycles. The lowest BCUT2D eigenvalue weighted by atomic mass is 10.2. The van der Waals surface area contributed by atoms with Crippen LogP contribution in [0.2, 0.25) is 0 Å². The van der Waals surface area contributed by atoms with Crippen LogP contribution in [-0.2, 0) is 24.8 Å². The summed E-state index contributed by atoms with van der Waals surface area (Å²) in [5.74, 6) is -0.249. The molecule has 176 valence electrons. The maximum absolute atomic E-state index is 13.1. The van der Waals surface area contributed by atoms with Gasteiger partial charge in [-0.05, 0) is 35.9 Å². The van der Waals surface area contributed by atoms with Crippen molar-refractivity contribution in [3.8, 4) is 11.5 Å². The van der Waals surface area contributed by atoms with E-state index in [9.17, 15) is 21.6 Å². The van der Waals surface area contributed by atoms with E-state index < -0.39 is 26.0 Å². The minimum absolute atomic E-state index is 0.00673. The molecule has 0 radical (unpaired) electrons. The van der Waals surface area contributed by atoms with Gasteiger partial charge in [-0.3, -0.25) is 0 Å². The second-order valence-corrected chi connectivity index (χ2v) is 11.2. The van der Waals surface area contributed by atoms with Crippen molar-refractivity contribution in [2.45, 2.75) is 9.79 Å². The number of carboxylic acid groups (broad SMARTS) is 1. The van der Waals surface area contributed by atoms with Crippen molar-refractivity contribution in [2.24, 2.45) is 0 Å². The standard InChI is InChI=1S/C21H22N2O8S2/c24-21(25)8-3-16-1-4-17(5-2-16)32(26,27)22-9-11-23(12-10-22)33(28,29)18-6-7-19-20(15-18)31-14-13-30-19/h1-8,15H,9-14H2,(H,24,25). The summed E-state index contributed by atoms with van der Waals surface area (Å²) in [6.07, 6.45) is 2.32. The lowest BCUT2D eigenvalue weighted by molar-refractivity contribution is -0.131. The van der Waals surface area contributed by atoms with Gasteiger partial charge < -0.3 is 14.6 Å². The van der Waals surface area contributed by atoms with Gasteiger partial charge in [-0.25, -0.2) is 21.6 Å². The largest absolute Gasteiger partial charge is 0.486 e. The average Bonchev–Trinajstić information content (AvgIpc) is 2.82. The van der Waals surface area contributed by atoms with E-state index in [1.807, 2.05) is 0 Å². The molecule has 10 nitrogen and oxygen atoms in total. The molecule has 0 aromatic heterocycles. The third-order valence-corrected chi connectivity index (χ3v) is 9.09. The van der Waals surface area contributed by atoms with Crippen LogP contribution in [-0.4, -0.2) is 75.9 Å². The normalized spacial score (nSPS) is 17.8. The summed E-state index contributed by atoms with van der Waals surface area (Å²) in [7, 11) is -7.65. The maximum atomic E-state index is 13.1. The smallest absolute Gasteiger partial charge is 0.328 e. The fourth-order valence-electron chi connectivity index (χ4n) is 3.55. The van der Waals surface area contributed by atoms with Gasteiger partial charge in [0.1, 0.15) is 13.2 Å². The summed E-state index contributed by atoms with van der Waals surface area (Å²) in [6, 6.07) is 10.2. The molecule has 1 fully saturated rings. The number of carbonyl (C=O) groups is 1. The second-order valence-electron chi connectivity index (χ2n) is 7.35. The molecular weight excluding hydrogens is 472 g/mol. The monoisotopic (exact) mass is 494 g/mol. The predicted molar refractivity (Wildman–Crippen MR) is 118 cm³/mol. The van der Waals surface area contributed by atoms with Crippen molar-refractivity contribution in [2.75, 3.05) is 39.4 Å². The number of benzene rings is 2. The van der Waals surface area contributed by atoms with Gasteiger partial charge in [-0.2, -0.15) is 8.61 Å². The molecule has 0 bridgehead atoms. The SMILES string of the molecule is O=C(O)C=Cc1ccc(S(=O)(=O)N2CCN(S(=O)(=O)c3ccc4c(c3)OCCO4)CC2)cc1. The summed E-state index contributed by atoms with van der Waals surface area (Å²) >= 11 is 0. The minimum atomic E-state index is -3.83. The predicted octanol–water partition coefficient (Wildman–Crippen LogP) is 1.25. The third-order valence-electron chi connectivity index (χ3n) is 5.29. The molecular formula is C21H22N2O8S2. The van der Waals surface area contributed by atoms with Crippen molar-refractivity contribution >= 4 is 32.1 Å². The molecule has 0 saturated carbocycles. The zero-order valence-electron chi connectivity index (χ0n) is 17.5. The summed E-state index contributed by atoms with van der Waals surface area (Å²) < 4.78 is 65.4. The Balaban J connectivity index is 1.45. The molecule has 0 atom stereocenters. The van der Waals surface area contributed by atoms with Crippen LogP contribution < -0.4 is 9.47 Å². The Morgan fingerprint density at radius 3 is 1.88 bits per heavy atom. The van der Waals surface area contributed by atoms with Crippen molar-refractivity contribution in [1.82, 2.24) is 8.61 Å². The summed E-state index contributed by atoms with van der Waals surface area (Å²) in [5, 5.41) is 8.68. The number of hydrogen-bond acceptors (Lipinski definition) is 7. The Labute approximate surface area is 191 Å². The van der Waals surface area contributed by atoms with Crippen LogP contribution in [0, 0.1) is 0 Å². The van der Waals surface area contributed by atoms with Crippen LogP contribution in [0.15, 0.2) is 58.3 Å².